The number of hydrogen-bond acceptors (Lipinski definition) is 6. The van der Waals surface area contributed by atoms with Gasteiger partial charge in [-0.15, -0.1) is 0 Å². The molecule has 2 heterocycles. The van der Waals surface area contributed by atoms with Crippen molar-refractivity contribution in [1.82, 2.24) is 20.0 Å². The lowest BCUT2D eigenvalue weighted by atomic mass is 10.1. The number of nitrogens with one attached hydrogen (secondary N) is 1. The van der Waals surface area contributed by atoms with Gasteiger partial charge in [-0.2, -0.15) is 0 Å². The number of nitrogens with zero attached hydrogens (tertiary/aromatic N) is 3. The van der Waals surface area contributed by atoms with Crippen LogP contribution in [0.25, 0.3) is 6.08 Å². The summed E-state index contributed by atoms with van der Waals surface area (Å²) in [5, 5.41) is 3.10. The van der Waals surface area contributed by atoms with E-state index in [4.69, 9.17) is 11.6 Å². The lowest BCUT2D eigenvalue weighted by molar-refractivity contribution is -0.124. The normalized spacial score (nSPS) is 17.7. The van der Waals surface area contributed by atoms with Crippen LogP contribution < -0.4 is 5.32 Å². The Balaban J connectivity index is 1.33. The van der Waals surface area contributed by atoms with Crippen molar-refractivity contribution in [2.24, 2.45) is 0 Å². The van der Waals surface area contributed by atoms with E-state index >= 15 is 0 Å². The molecule has 0 aliphatic carbocycles. The third kappa shape index (κ3) is 7.00. The molecular formula is C27H29ClN4O4S. The average molecular weight is 541 g/mol. The van der Waals surface area contributed by atoms with Crippen molar-refractivity contribution in [2.45, 2.75) is 26.4 Å². The standard InChI is InChI=1S/C27H29ClN4O4S/c1-18(2)29-24(33)17-30-10-12-31(13-11-30)25(34)21-8-6-19(7-9-21)15-23-26(35)32(27(36)37-23)16-20-4-3-5-22(28)14-20/h3-9,14-15,18H,10-13,16-17H2,1-2H3,(H,29,33)/b23-15-. The summed E-state index contributed by atoms with van der Waals surface area (Å²) in [6.07, 6.45) is 1.66. The Morgan fingerprint density at radius 1 is 1.05 bits per heavy atom. The molecule has 2 saturated heterocycles. The Hall–Kier alpha value is -3.14. The molecule has 0 spiro atoms. The number of amides is 4. The number of thioether (sulfide) groups is 1. The molecule has 2 aliphatic heterocycles. The van der Waals surface area contributed by atoms with Gasteiger partial charge in [0, 0.05) is 42.8 Å². The molecular weight excluding hydrogens is 512 g/mol. The molecule has 2 aliphatic rings. The molecule has 0 atom stereocenters. The van der Waals surface area contributed by atoms with Crippen molar-refractivity contribution >= 4 is 52.4 Å². The molecule has 0 saturated carbocycles. The van der Waals surface area contributed by atoms with E-state index in [1.54, 1.807) is 53.4 Å². The molecule has 0 aromatic heterocycles. The maximum absolute atomic E-state index is 13.0. The van der Waals surface area contributed by atoms with Gasteiger partial charge in [-0.1, -0.05) is 35.9 Å². The second kappa shape index (κ2) is 11.9. The lowest BCUT2D eigenvalue weighted by Crippen LogP contribution is -2.51. The number of benzene rings is 2. The fraction of sp³-hybridized carbons (Fsp3) is 0.333. The van der Waals surface area contributed by atoms with Gasteiger partial charge < -0.3 is 10.2 Å². The number of hydrogen-bond donors (Lipinski definition) is 1. The third-order valence-electron chi connectivity index (χ3n) is 6.04. The predicted molar refractivity (Wildman–Crippen MR) is 145 cm³/mol. The van der Waals surface area contributed by atoms with Crippen molar-refractivity contribution in [1.29, 1.82) is 0 Å². The number of carbonyl (C=O) groups is 4. The second-order valence-corrected chi connectivity index (χ2v) is 10.7. The molecule has 4 rings (SSSR count). The smallest absolute Gasteiger partial charge is 0.293 e. The minimum absolute atomic E-state index is 0.00678. The van der Waals surface area contributed by atoms with E-state index in [2.05, 4.69) is 5.32 Å². The van der Waals surface area contributed by atoms with Crippen LogP contribution in [0.15, 0.2) is 53.4 Å². The average Bonchev–Trinajstić information content (AvgIpc) is 3.11. The highest BCUT2D eigenvalue weighted by atomic mass is 35.5. The van der Waals surface area contributed by atoms with Crippen LogP contribution in [-0.4, -0.2) is 76.4 Å². The number of halogens is 1. The first-order valence-corrected chi connectivity index (χ1v) is 13.3. The highest BCUT2D eigenvalue weighted by Gasteiger charge is 2.35. The summed E-state index contributed by atoms with van der Waals surface area (Å²) >= 11 is 6.91. The van der Waals surface area contributed by atoms with Gasteiger partial charge >= 0.3 is 0 Å². The van der Waals surface area contributed by atoms with Crippen LogP contribution in [0.1, 0.15) is 35.3 Å². The highest BCUT2D eigenvalue weighted by Crippen LogP contribution is 2.33. The van der Waals surface area contributed by atoms with Crippen LogP contribution in [0.2, 0.25) is 5.02 Å². The maximum Gasteiger partial charge on any atom is 0.293 e. The van der Waals surface area contributed by atoms with E-state index in [1.807, 2.05) is 24.8 Å². The zero-order chi connectivity index (χ0) is 26.5. The summed E-state index contributed by atoms with van der Waals surface area (Å²) in [4.78, 5) is 55.6. The van der Waals surface area contributed by atoms with Gasteiger partial charge in [0.2, 0.25) is 5.91 Å². The van der Waals surface area contributed by atoms with Gasteiger partial charge in [-0.3, -0.25) is 29.0 Å². The first kappa shape index (κ1) is 26.9. The zero-order valence-electron chi connectivity index (χ0n) is 20.8. The Kier molecular flexibility index (Phi) is 8.68. The van der Waals surface area contributed by atoms with E-state index in [-0.39, 0.29) is 35.5 Å². The minimum Gasteiger partial charge on any atom is -0.353 e. The van der Waals surface area contributed by atoms with Crippen molar-refractivity contribution in [3.63, 3.8) is 0 Å². The molecule has 8 nitrogen and oxygen atoms in total. The first-order valence-electron chi connectivity index (χ1n) is 12.1. The van der Waals surface area contributed by atoms with Gasteiger partial charge in [0.1, 0.15) is 0 Å². The quantitative estimate of drug-likeness (QED) is 0.536. The van der Waals surface area contributed by atoms with E-state index in [0.717, 1.165) is 22.9 Å². The van der Waals surface area contributed by atoms with E-state index in [0.29, 0.717) is 48.2 Å². The Labute approximate surface area is 225 Å². The molecule has 37 heavy (non-hydrogen) atoms. The number of carbonyl (C=O) groups excluding carboxylic acids is 4. The monoisotopic (exact) mass is 540 g/mol. The zero-order valence-corrected chi connectivity index (χ0v) is 22.3. The largest absolute Gasteiger partial charge is 0.353 e. The molecule has 1 N–H and O–H groups in total. The number of imide groups is 1. The van der Waals surface area contributed by atoms with Crippen molar-refractivity contribution in [2.75, 3.05) is 32.7 Å². The number of rotatable bonds is 7. The third-order valence-corrected chi connectivity index (χ3v) is 7.18. The first-order chi connectivity index (χ1) is 17.7. The molecule has 2 aromatic rings. The minimum atomic E-state index is -0.352. The summed E-state index contributed by atoms with van der Waals surface area (Å²) in [5.41, 5.74) is 2.06. The van der Waals surface area contributed by atoms with Gasteiger partial charge in [0.15, 0.2) is 0 Å². The maximum atomic E-state index is 13.0. The molecule has 194 valence electrons. The summed E-state index contributed by atoms with van der Waals surface area (Å²) in [5.74, 6) is -0.428. The van der Waals surface area contributed by atoms with Crippen LogP contribution in [-0.2, 0) is 16.1 Å². The van der Waals surface area contributed by atoms with Crippen LogP contribution in [0.3, 0.4) is 0 Å². The molecule has 10 heteroatoms. The van der Waals surface area contributed by atoms with Crippen molar-refractivity contribution < 1.29 is 19.2 Å². The van der Waals surface area contributed by atoms with Crippen LogP contribution in [0.5, 0.6) is 0 Å². The van der Waals surface area contributed by atoms with Gasteiger partial charge in [-0.05, 0) is 67.1 Å². The highest BCUT2D eigenvalue weighted by molar-refractivity contribution is 8.18. The SMILES string of the molecule is CC(C)NC(=O)CN1CCN(C(=O)c2ccc(/C=C3\SC(=O)N(Cc4cccc(Cl)c4)C3=O)cc2)CC1. The Morgan fingerprint density at radius 2 is 1.76 bits per heavy atom. The summed E-state index contributed by atoms with van der Waals surface area (Å²) in [6, 6.07) is 14.2. The van der Waals surface area contributed by atoms with E-state index in [1.165, 1.54) is 4.90 Å². The van der Waals surface area contributed by atoms with Crippen LogP contribution in [0, 0.1) is 0 Å². The fourth-order valence-corrected chi connectivity index (χ4v) is 5.24. The van der Waals surface area contributed by atoms with E-state index in [9.17, 15) is 19.2 Å². The molecule has 2 aromatic carbocycles. The molecule has 2 fully saturated rings. The second-order valence-electron chi connectivity index (χ2n) is 9.31. The fourth-order valence-electron chi connectivity index (χ4n) is 4.19. The Bertz CT molecular complexity index is 1220. The van der Waals surface area contributed by atoms with Crippen LogP contribution in [0.4, 0.5) is 4.79 Å². The Morgan fingerprint density at radius 3 is 2.41 bits per heavy atom. The molecule has 0 bridgehead atoms. The van der Waals surface area contributed by atoms with Crippen molar-refractivity contribution in [3.8, 4) is 0 Å². The number of piperazine rings is 1. The van der Waals surface area contributed by atoms with Gasteiger partial charge in [0.25, 0.3) is 17.1 Å². The van der Waals surface area contributed by atoms with Gasteiger partial charge in [0.05, 0.1) is 18.0 Å². The molecule has 0 radical (unpaired) electrons. The van der Waals surface area contributed by atoms with E-state index < -0.39 is 0 Å². The predicted octanol–water partition coefficient (Wildman–Crippen LogP) is 3.86. The van der Waals surface area contributed by atoms with Crippen molar-refractivity contribution in [3.05, 3.63) is 75.1 Å². The summed E-state index contributed by atoms with van der Waals surface area (Å²) in [6.45, 7) is 6.73. The molecule has 0 unspecified atom stereocenters. The van der Waals surface area contributed by atoms with Gasteiger partial charge in [-0.25, -0.2) is 0 Å². The molecule has 4 amide bonds. The topological polar surface area (TPSA) is 90.0 Å². The lowest BCUT2D eigenvalue weighted by Gasteiger charge is -2.34. The van der Waals surface area contributed by atoms with Crippen LogP contribution >= 0.6 is 23.4 Å². The summed E-state index contributed by atoms with van der Waals surface area (Å²) < 4.78 is 0. The summed E-state index contributed by atoms with van der Waals surface area (Å²) in [7, 11) is 0.